The molecule has 1 N–H and O–H groups in total. The quantitative estimate of drug-likeness (QED) is 0.704. The largest absolute Gasteiger partial charge is 0.382 e. The van der Waals surface area contributed by atoms with E-state index in [2.05, 4.69) is 10.4 Å². The van der Waals surface area contributed by atoms with E-state index in [1.807, 2.05) is 0 Å². The van der Waals surface area contributed by atoms with E-state index in [1.165, 1.54) is 4.68 Å². The Bertz CT molecular complexity index is 887. The van der Waals surface area contributed by atoms with Crippen LogP contribution in [-0.4, -0.2) is 60.6 Å². The number of hydrogen-bond acceptors (Lipinski definition) is 6. The fourth-order valence-electron chi connectivity index (χ4n) is 4.79. The summed E-state index contributed by atoms with van der Waals surface area (Å²) in [6.45, 7) is 3.51. The van der Waals surface area contributed by atoms with Crippen molar-refractivity contribution in [2.45, 2.75) is 62.7 Å². The van der Waals surface area contributed by atoms with Crippen molar-refractivity contribution >= 4 is 27.3 Å². The van der Waals surface area contributed by atoms with E-state index < -0.39 is 10.0 Å². The summed E-state index contributed by atoms with van der Waals surface area (Å²) >= 11 is 6.35. The van der Waals surface area contributed by atoms with Gasteiger partial charge in [0.2, 0.25) is 10.0 Å². The first-order valence-electron chi connectivity index (χ1n) is 11.0. The highest BCUT2D eigenvalue weighted by atomic mass is 35.5. The summed E-state index contributed by atoms with van der Waals surface area (Å²) in [5, 5.41) is 7.39. The molecule has 3 heterocycles. The number of nitrogens with zero attached hydrogens (tertiary/aromatic N) is 3. The molecule has 8 nitrogen and oxygen atoms in total. The van der Waals surface area contributed by atoms with Crippen LogP contribution in [0.3, 0.4) is 0 Å². The third kappa shape index (κ3) is 4.69. The van der Waals surface area contributed by atoms with Gasteiger partial charge >= 0.3 is 0 Å². The van der Waals surface area contributed by atoms with E-state index in [0.29, 0.717) is 56.9 Å². The van der Waals surface area contributed by atoms with Gasteiger partial charge in [0.1, 0.15) is 5.02 Å². The van der Waals surface area contributed by atoms with E-state index in [-0.39, 0.29) is 21.9 Å². The molecule has 0 unspecified atom stereocenters. The Hall–Kier alpha value is -1.16. The van der Waals surface area contributed by atoms with E-state index in [0.717, 1.165) is 38.9 Å². The maximum absolute atomic E-state index is 12.8. The van der Waals surface area contributed by atoms with Gasteiger partial charge in [0.15, 0.2) is 0 Å². The summed E-state index contributed by atoms with van der Waals surface area (Å²) in [4.78, 5) is 12.8. The molecule has 1 atom stereocenters. The minimum absolute atomic E-state index is 0.110. The topological polar surface area (TPSA) is 93.5 Å². The Morgan fingerprint density at radius 3 is 2.53 bits per heavy atom. The van der Waals surface area contributed by atoms with Crippen LogP contribution in [0.25, 0.3) is 0 Å². The monoisotopic (exact) mass is 458 g/mol. The van der Waals surface area contributed by atoms with Gasteiger partial charge in [0.05, 0.1) is 29.8 Å². The lowest BCUT2D eigenvalue weighted by Gasteiger charge is -2.31. The molecule has 30 heavy (non-hydrogen) atoms. The summed E-state index contributed by atoms with van der Waals surface area (Å²) in [6.07, 6.45) is 7.99. The minimum atomic E-state index is -3.23. The third-order valence-electron chi connectivity index (χ3n) is 6.62. The number of hydrogen-bond donors (Lipinski definition) is 1. The lowest BCUT2D eigenvalue weighted by atomic mass is 9.95. The number of sulfonamides is 1. The zero-order chi connectivity index (χ0) is 21.1. The van der Waals surface area contributed by atoms with Gasteiger partial charge in [-0.1, -0.05) is 11.6 Å². The van der Waals surface area contributed by atoms with Crippen LogP contribution in [0.5, 0.6) is 0 Å². The molecular weight excluding hydrogens is 428 g/mol. The average molecular weight is 459 g/mol. The number of rotatable bonds is 6. The second-order valence-electron chi connectivity index (χ2n) is 8.67. The Labute approximate surface area is 183 Å². The smallest absolute Gasteiger partial charge is 0.287 e. The third-order valence-corrected chi connectivity index (χ3v) is 9.38. The number of halogens is 1. The van der Waals surface area contributed by atoms with Crippen LogP contribution < -0.4 is 10.9 Å². The average Bonchev–Trinajstić information content (AvgIpc) is 3.32. The maximum atomic E-state index is 12.8. The van der Waals surface area contributed by atoms with Crippen LogP contribution in [0.2, 0.25) is 5.02 Å². The van der Waals surface area contributed by atoms with Crippen molar-refractivity contribution in [2.24, 2.45) is 5.92 Å². The summed E-state index contributed by atoms with van der Waals surface area (Å²) < 4.78 is 34.2. The van der Waals surface area contributed by atoms with Crippen LogP contribution in [0.15, 0.2) is 11.0 Å². The van der Waals surface area contributed by atoms with Crippen LogP contribution in [0.4, 0.5) is 5.69 Å². The molecule has 0 radical (unpaired) electrons. The highest BCUT2D eigenvalue weighted by Gasteiger charge is 2.37. The summed E-state index contributed by atoms with van der Waals surface area (Å²) in [6, 6.07) is -0.110. The van der Waals surface area contributed by atoms with Gasteiger partial charge in [-0.25, -0.2) is 17.4 Å². The molecule has 0 spiro atoms. The van der Waals surface area contributed by atoms with Crippen molar-refractivity contribution in [3.63, 3.8) is 0 Å². The molecular formula is C20H31ClN4O4S. The second kappa shape index (κ2) is 9.54. The molecule has 168 valence electrons. The van der Waals surface area contributed by atoms with Crippen LogP contribution in [0.1, 0.15) is 57.4 Å². The fourth-order valence-corrected chi connectivity index (χ4v) is 7.05. The zero-order valence-corrected chi connectivity index (χ0v) is 18.8. The molecule has 10 heteroatoms. The molecule has 2 saturated heterocycles. The van der Waals surface area contributed by atoms with E-state index in [1.54, 1.807) is 10.5 Å². The van der Waals surface area contributed by atoms with Gasteiger partial charge in [-0.15, -0.1) is 0 Å². The first-order chi connectivity index (χ1) is 14.5. The van der Waals surface area contributed by atoms with Crippen molar-refractivity contribution in [1.82, 2.24) is 14.1 Å². The molecule has 1 aromatic rings. The molecule has 2 aliphatic heterocycles. The molecule has 4 rings (SSSR count). The molecule has 1 aromatic heterocycles. The predicted octanol–water partition coefficient (Wildman–Crippen LogP) is 2.64. The van der Waals surface area contributed by atoms with Crippen molar-refractivity contribution in [3.05, 3.63) is 21.6 Å². The molecule has 0 amide bonds. The van der Waals surface area contributed by atoms with Crippen LogP contribution in [-0.2, 0) is 14.8 Å². The molecule has 0 aromatic carbocycles. The Kier molecular flexibility index (Phi) is 7.01. The highest BCUT2D eigenvalue weighted by Crippen LogP contribution is 2.33. The Morgan fingerprint density at radius 2 is 1.87 bits per heavy atom. The highest BCUT2D eigenvalue weighted by molar-refractivity contribution is 7.89. The van der Waals surface area contributed by atoms with Gasteiger partial charge in [0, 0.05) is 26.2 Å². The molecule has 3 aliphatic rings. The van der Waals surface area contributed by atoms with E-state index >= 15 is 0 Å². The molecule has 1 saturated carbocycles. The summed E-state index contributed by atoms with van der Waals surface area (Å²) in [7, 11) is -3.23. The van der Waals surface area contributed by atoms with Crippen molar-refractivity contribution < 1.29 is 13.2 Å². The normalized spacial score (nSPS) is 28.5. The second-order valence-corrected chi connectivity index (χ2v) is 11.3. The van der Waals surface area contributed by atoms with Gasteiger partial charge in [-0.3, -0.25) is 4.79 Å². The number of aromatic nitrogens is 2. The van der Waals surface area contributed by atoms with Crippen molar-refractivity contribution in [1.29, 1.82) is 0 Å². The lowest BCUT2D eigenvalue weighted by molar-refractivity contribution is 0.0595. The van der Waals surface area contributed by atoms with E-state index in [4.69, 9.17) is 16.3 Å². The Balaban J connectivity index is 1.37. The molecule has 3 fully saturated rings. The maximum Gasteiger partial charge on any atom is 0.287 e. The number of anilines is 1. The standard InChI is InChI=1S/C20H31ClN4O4S/c21-19-18(22-12-15-4-3-11-29-14-15)13-23-25(20(19)26)16-5-7-17(8-6-16)30(27,28)24-9-1-2-10-24/h13,15-17,22H,1-12,14H2/t15-,16-,17-/m0/s1. The first kappa shape index (κ1) is 22.0. The Morgan fingerprint density at radius 1 is 1.13 bits per heavy atom. The minimum Gasteiger partial charge on any atom is -0.382 e. The summed E-state index contributed by atoms with van der Waals surface area (Å²) in [5.41, 5.74) is 0.237. The number of nitrogens with one attached hydrogen (secondary N) is 1. The van der Waals surface area contributed by atoms with Gasteiger partial charge in [0.25, 0.3) is 5.56 Å². The zero-order valence-electron chi connectivity index (χ0n) is 17.3. The lowest BCUT2D eigenvalue weighted by Crippen LogP contribution is -2.40. The molecule has 0 bridgehead atoms. The first-order valence-corrected chi connectivity index (χ1v) is 12.9. The van der Waals surface area contributed by atoms with Crippen LogP contribution >= 0.6 is 11.6 Å². The van der Waals surface area contributed by atoms with Gasteiger partial charge in [-0.2, -0.15) is 5.10 Å². The molecule has 1 aliphatic carbocycles. The van der Waals surface area contributed by atoms with Crippen molar-refractivity contribution in [3.8, 4) is 0 Å². The SMILES string of the molecule is O=c1c(Cl)c(NC[C@@H]2CCCOC2)cnn1[C@H]1CC[C@H](S(=O)(=O)N2CCCC2)CC1. The van der Waals surface area contributed by atoms with E-state index in [9.17, 15) is 13.2 Å². The van der Waals surface area contributed by atoms with Gasteiger partial charge < -0.3 is 10.1 Å². The van der Waals surface area contributed by atoms with Crippen LogP contribution in [0, 0.1) is 5.92 Å². The number of ether oxygens (including phenoxy) is 1. The summed E-state index contributed by atoms with van der Waals surface area (Å²) in [5.74, 6) is 0.407. The fraction of sp³-hybridized carbons (Fsp3) is 0.800. The van der Waals surface area contributed by atoms with Gasteiger partial charge in [-0.05, 0) is 57.3 Å². The predicted molar refractivity (Wildman–Crippen MR) is 117 cm³/mol. The van der Waals surface area contributed by atoms with Crippen molar-refractivity contribution in [2.75, 3.05) is 38.2 Å².